The largest absolute Gasteiger partial charge is 0.383 e. The molecule has 9 nitrogen and oxygen atoms in total. The molecule has 162 valence electrons. The fourth-order valence-corrected chi connectivity index (χ4v) is 2.67. The first-order valence-electron chi connectivity index (χ1n) is 9.62. The molecule has 3 amide bonds. The average molecular weight is 431 g/mol. The summed E-state index contributed by atoms with van der Waals surface area (Å²) >= 11 is 0. The third kappa shape index (κ3) is 6.37. The number of nitrogens with zero attached hydrogens (tertiary/aromatic N) is 2. The van der Waals surface area contributed by atoms with Crippen molar-refractivity contribution in [1.82, 2.24) is 20.8 Å². The van der Waals surface area contributed by atoms with Crippen LogP contribution in [-0.2, 0) is 4.74 Å². The van der Waals surface area contributed by atoms with Crippen molar-refractivity contribution < 1.29 is 19.5 Å². The zero-order valence-electron chi connectivity index (χ0n) is 17.3. The maximum atomic E-state index is 12.0. The minimum Gasteiger partial charge on any atom is -0.383 e. The van der Waals surface area contributed by atoms with Crippen LogP contribution >= 0.6 is 0 Å². The van der Waals surface area contributed by atoms with E-state index in [1.165, 1.54) is 19.2 Å². The van der Waals surface area contributed by atoms with Crippen LogP contribution in [0.5, 0.6) is 0 Å². The van der Waals surface area contributed by atoms with Gasteiger partial charge in [0.1, 0.15) is 5.82 Å². The number of hydrogen-bond donors (Lipinski definition) is 4. The number of ether oxygens (including phenoxy) is 1. The van der Waals surface area contributed by atoms with Crippen LogP contribution in [0.15, 0.2) is 60.9 Å². The van der Waals surface area contributed by atoms with Crippen LogP contribution in [0.3, 0.4) is 0 Å². The lowest BCUT2D eigenvalue weighted by Gasteiger charge is -2.10. The van der Waals surface area contributed by atoms with Crippen LogP contribution in [0.4, 0.5) is 10.6 Å². The number of amides is 3. The Labute approximate surface area is 184 Å². The Morgan fingerprint density at radius 1 is 1.09 bits per heavy atom. The molecule has 4 N–H and O–H groups in total. The van der Waals surface area contributed by atoms with E-state index in [4.69, 9.17) is 9.94 Å². The lowest BCUT2D eigenvalue weighted by molar-refractivity contribution is 0.0706. The van der Waals surface area contributed by atoms with E-state index in [9.17, 15) is 9.59 Å². The molecule has 0 saturated carbocycles. The van der Waals surface area contributed by atoms with Crippen molar-refractivity contribution in [1.29, 1.82) is 0 Å². The third-order valence-electron chi connectivity index (χ3n) is 4.22. The van der Waals surface area contributed by atoms with Crippen molar-refractivity contribution in [2.45, 2.75) is 0 Å². The molecular formula is C23H21N5O4. The quantitative estimate of drug-likeness (QED) is 0.206. The molecule has 9 heteroatoms. The second kappa shape index (κ2) is 11.2. The fourth-order valence-electron chi connectivity index (χ4n) is 2.67. The molecule has 0 unspecified atom stereocenters. The van der Waals surface area contributed by atoms with E-state index < -0.39 is 11.9 Å². The number of aromatic nitrogens is 2. The molecular weight excluding hydrogens is 410 g/mol. The summed E-state index contributed by atoms with van der Waals surface area (Å²) in [6.45, 7) is 0.669. The van der Waals surface area contributed by atoms with Crippen LogP contribution in [0.2, 0.25) is 0 Å². The van der Waals surface area contributed by atoms with E-state index in [0.717, 1.165) is 11.1 Å². The highest BCUT2D eigenvalue weighted by atomic mass is 16.5. The molecule has 0 bridgehead atoms. The second-order valence-electron chi connectivity index (χ2n) is 6.51. The molecule has 2 aromatic heterocycles. The number of carbonyl (C=O) groups excluding carboxylic acids is 2. The minimum atomic E-state index is -0.726. The molecule has 2 heterocycles. The molecule has 0 radical (unpaired) electrons. The van der Waals surface area contributed by atoms with Gasteiger partial charge in [-0.25, -0.2) is 15.3 Å². The predicted molar refractivity (Wildman–Crippen MR) is 118 cm³/mol. The minimum absolute atomic E-state index is 0.130. The number of hydroxylamine groups is 1. The standard InChI is InChI=1S/C23H21N5O4/c1-32-12-11-25-23(30)27-21-14-19(22(29)28-31)13-20(26-21)18-8-6-16(7-9-18)4-5-17-3-2-10-24-15-17/h2-3,6-10,13-15,31H,11-12H2,1H3,(H,28,29)(H2,25,26,27,30). The van der Waals surface area contributed by atoms with E-state index in [1.807, 2.05) is 24.3 Å². The Morgan fingerprint density at radius 2 is 1.88 bits per heavy atom. The summed E-state index contributed by atoms with van der Waals surface area (Å²) in [6.07, 6.45) is 3.37. The summed E-state index contributed by atoms with van der Waals surface area (Å²) < 4.78 is 4.89. The number of methoxy groups -OCH3 is 1. The predicted octanol–water partition coefficient (Wildman–Crippen LogP) is 2.43. The summed E-state index contributed by atoms with van der Waals surface area (Å²) in [5.41, 5.74) is 4.45. The van der Waals surface area contributed by atoms with Crippen LogP contribution in [0.25, 0.3) is 11.3 Å². The SMILES string of the molecule is COCCNC(=O)Nc1cc(C(=O)NO)cc(-c2ccc(C#Cc3cccnc3)cc2)n1. The van der Waals surface area contributed by atoms with Crippen LogP contribution in [-0.4, -0.2) is 47.4 Å². The van der Waals surface area contributed by atoms with Crippen LogP contribution in [0.1, 0.15) is 21.5 Å². The second-order valence-corrected chi connectivity index (χ2v) is 6.51. The average Bonchev–Trinajstić information content (AvgIpc) is 2.83. The zero-order chi connectivity index (χ0) is 22.8. The number of carbonyl (C=O) groups is 2. The van der Waals surface area contributed by atoms with E-state index in [0.29, 0.717) is 24.4 Å². The summed E-state index contributed by atoms with van der Waals surface area (Å²) in [6, 6.07) is 13.3. The molecule has 3 aromatic rings. The molecule has 0 fully saturated rings. The van der Waals surface area contributed by atoms with E-state index in [2.05, 4.69) is 32.4 Å². The topological polar surface area (TPSA) is 125 Å². The van der Waals surface area contributed by atoms with Gasteiger partial charge < -0.3 is 10.1 Å². The number of nitrogens with one attached hydrogen (secondary N) is 3. The van der Waals surface area contributed by atoms with Crippen molar-refractivity contribution >= 4 is 17.8 Å². The number of urea groups is 1. The molecule has 32 heavy (non-hydrogen) atoms. The van der Waals surface area contributed by atoms with E-state index in [1.54, 1.807) is 30.0 Å². The number of pyridine rings is 2. The maximum Gasteiger partial charge on any atom is 0.320 e. The Balaban J connectivity index is 1.83. The maximum absolute atomic E-state index is 12.0. The lowest BCUT2D eigenvalue weighted by Crippen LogP contribution is -2.31. The van der Waals surface area contributed by atoms with Gasteiger partial charge in [-0.15, -0.1) is 0 Å². The normalized spacial score (nSPS) is 9.94. The van der Waals surface area contributed by atoms with Gasteiger partial charge in [-0.1, -0.05) is 24.0 Å². The first kappa shape index (κ1) is 22.4. The van der Waals surface area contributed by atoms with Gasteiger partial charge in [0.15, 0.2) is 0 Å². The summed E-state index contributed by atoms with van der Waals surface area (Å²) in [5.74, 6) is 5.51. The van der Waals surface area contributed by atoms with Gasteiger partial charge in [-0.2, -0.15) is 0 Å². The van der Waals surface area contributed by atoms with Gasteiger partial charge in [0.2, 0.25) is 0 Å². The number of anilines is 1. The van der Waals surface area contributed by atoms with E-state index in [-0.39, 0.29) is 11.4 Å². The summed E-state index contributed by atoms with van der Waals surface area (Å²) in [5, 5.41) is 14.2. The first-order chi connectivity index (χ1) is 15.6. The fraction of sp³-hybridized carbons (Fsp3) is 0.130. The highest BCUT2D eigenvalue weighted by molar-refractivity contribution is 5.96. The van der Waals surface area contributed by atoms with Crippen molar-refractivity contribution in [3.63, 3.8) is 0 Å². The van der Waals surface area contributed by atoms with Crippen LogP contribution in [0, 0.1) is 11.8 Å². The highest BCUT2D eigenvalue weighted by Crippen LogP contribution is 2.22. The van der Waals surface area contributed by atoms with Crippen molar-refractivity contribution in [3.8, 4) is 23.1 Å². The lowest BCUT2D eigenvalue weighted by atomic mass is 10.1. The molecule has 3 rings (SSSR count). The van der Waals surface area contributed by atoms with Crippen molar-refractivity contribution in [3.05, 3.63) is 77.6 Å². The smallest absolute Gasteiger partial charge is 0.320 e. The monoisotopic (exact) mass is 431 g/mol. The Bertz CT molecular complexity index is 1140. The molecule has 0 aliphatic carbocycles. The summed E-state index contributed by atoms with van der Waals surface area (Å²) in [7, 11) is 1.53. The molecule has 0 spiro atoms. The third-order valence-corrected chi connectivity index (χ3v) is 4.22. The highest BCUT2D eigenvalue weighted by Gasteiger charge is 2.12. The Hall–Kier alpha value is -4.26. The first-order valence-corrected chi connectivity index (χ1v) is 9.62. The molecule has 1 aromatic carbocycles. The number of benzene rings is 1. The number of rotatable bonds is 6. The van der Waals surface area contributed by atoms with Gasteiger partial charge >= 0.3 is 6.03 Å². The van der Waals surface area contributed by atoms with Gasteiger partial charge in [0.25, 0.3) is 5.91 Å². The molecule has 0 atom stereocenters. The van der Waals surface area contributed by atoms with Gasteiger partial charge in [0.05, 0.1) is 12.3 Å². The van der Waals surface area contributed by atoms with Crippen LogP contribution < -0.4 is 16.1 Å². The summed E-state index contributed by atoms with van der Waals surface area (Å²) in [4.78, 5) is 32.4. The van der Waals surface area contributed by atoms with Gasteiger partial charge in [0, 0.05) is 48.3 Å². The van der Waals surface area contributed by atoms with E-state index >= 15 is 0 Å². The zero-order valence-corrected chi connectivity index (χ0v) is 17.3. The molecule has 0 aliphatic heterocycles. The van der Waals surface area contributed by atoms with Gasteiger partial charge in [-0.3, -0.25) is 20.3 Å². The number of hydrogen-bond acceptors (Lipinski definition) is 6. The Morgan fingerprint density at radius 3 is 2.56 bits per heavy atom. The van der Waals surface area contributed by atoms with Gasteiger partial charge in [-0.05, 0) is 36.4 Å². The van der Waals surface area contributed by atoms with Crippen molar-refractivity contribution in [2.75, 3.05) is 25.6 Å². The molecule has 0 aliphatic rings. The Kier molecular flexibility index (Phi) is 7.86. The van der Waals surface area contributed by atoms with Crippen molar-refractivity contribution in [2.24, 2.45) is 0 Å². The molecule has 0 saturated heterocycles.